The van der Waals surface area contributed by atoms with Gasteiger partial charge in [0.15, 0.2) is 0 Å². The topological polar surface area (TPSA) is 63.4 Å². The van der Waals surface area contributed by atoms with Gasteiger partial charge in [-0.2, -0.15) is 4.31 Å². The average molecular weight is 333 g/mol. The molecule has 6 heteroatoms. The maximum absolute atomic E-state index is 12.5. The van der Waals surface area contributed by atoms with Crippen molar-refractivity contribution in [1.82, 2.24) is 4.31 Å². The van der Waals surface area contributed by atoms with Gasteiger partial charge < -0.3 is 5.73 Å². The lowest BCUT2D eigenvalue weighted by molar-refractivity contribution is 0.227. The zero-order chi connectivity index (χ0) is 14.6. The fourth-order valence-corrected chi connectivity index (χ4v) is 4.66. The Morgan fingerprint density at radius 2 is 1.95 bits per heavy atom. The number of halogens is 1. The van der Waals surface area contributed by atoms with Crippen LogP contribution < -0.4 is 5.73 Å². The number of aryl methyl sites for hydroxylation is 1. The van der Waals surface area contributed by atoms with Crippen LogP contribution in [0.2, 0.25) is 0 Å². The third kappa shape index (κ3) is 4.95. The van der Waals surface area contributed by atoms with Gasteiger partial charge >= 0.3 is 0 Å². The van der Waals surface area contributed by atoms with Crippen LogP contribution in [0.5, 0.6) is 0 Å². The van der Waals surface area contributed by atoms with Crippen LogP contribution in [-0.4, -0.2) is 37.1 Å². The first kappa shape index (κ1) is 18.4. The largest absolute Gasteiger partial charge is 0.326 e. The highest BCUT2D eigenvalue weighted by Crippen LogP contribution is 2.23. The molecule has 2 N–H and O–H groups in total. The van der Waals surface area contributed by atoms with Gasteiger partial charge in [0.1, 0.15) is 0 Å². The summed E-state index contributed by atoms with van der Waals surface area (Å²) < 4.78 is 26.7. The zero-order valence-electron chi connectivity index (χ0n) is 12.4. The van der Waals surface area contributed by atoms with Crippen molar-refractivity contribution >= 4 is 22.4 Å². The van der Waals surface area contributed by atoms with E-state index in [0.717, 1.165) is 24.8 Å². The Hall–Kier alpha value is -0.620. The molecule has 21 heavy (non-hydrogen) atoms. The summed E-state index contributed by atoms with van der Waals surface area (Å²) in [6.07, 6.45) is 3.44. The van der Waals surface area contributed by atoms with Gasteiger partial charge in [-0.1, -0.05) is 36.8 Å². The molecule has 2 atom stereocenters. The van der Waals surface area contributed by atoms with Crippen LogP contribution in [-0.2, 0) is 16.4 Å². The molecule has 0 amide bonds. The molecule has 0 spiro atoms. The van der Waals surface area contributed by atoms with E-state index < -0.39 is 10.0 Å². The Morgan fingerprint density at radius 3 is 2.57 bits per heavy atom. The third-order valence-electron chi connectivity index (χ3n) is 3.95. The van der Waals surface area contributed by atoms with Gasteiger partial charge in [0.25, 0.3) is 0 Å². The van der Waals surface area contributed by atoms with E-state index in [1.165, 1.54) is 0 Å². The number of sulfonamides is 1. The van der Waals surface area contributed by atoms with Gasteiger partial charge in [0, 0.05) is 18.6 Å². The minimum atomic E-state index is -3.22. The smallest absolute Gasteiger partial charge is 0.214 e. The van der Waals surface area contributed by atoms with Crippen molar-refractivity contribution in [2.24, 2.45) is 5.73 Å². The number of rotatable bonds is 5. The number of piperidine rings is 1. The molecular weight excluding hydrogens is 308 g/mol. The van der Waals surface area contributed by atoms with Crippen LogP contribution >= 0.6 is 12.4 Å². The van der Waals surface area contributed by atoms with Crippen molar-refractivity contribution in [2.45, 2.75) is 44.7 Å². The van der Waals surface area contributed by atoms with E-state index in [0.29, 0.717) is 13.0 Å². The zero-order valence-corrected chi connectivity index (χ0v) is 14.1. The Kier molecular flexibility index (Phi) is 7.13. The molecule has 1 aromatic rings. The van der Waals surface area contributed by atoms with Crippen molar-refractivity contribution in [3.63, 3.8) is 0 Å². The average Bonchev–Trinajstić information content (AvgIpc) is 2.46. The standard InChI is InChI=1S/C15H24N2O2S.ClH/c1-13(16)15-9-5-6-11-17(15)20(18,19)12-10-14-7-3-2-4-8-14;/h2-4,7-8,13,15H,5-6,9-12,16H2,1H3;1H. The summed E-state index contributed by atoms with van der Waals surface area (Å²) in [5.74, 6) is 0.167. The molecule has 1 heterocycles. The third-order valence-corrected chi connectivity index (χ3v) is 5.84. The van der Waals surface area contributed by atoms with E-state index in [4.69, 9.17) is 5.73 Å². The van der Waals surface area contributed by atoms with Gasteiger partial charge in [-0.25, -0.2) is 8.42 Å². The maximum Gasteiger partial charge on any atom is 0.214 e. The lowest BCUT2D eigenvalue weighted by Gasteiger charge is -2.36. The van der Waals surface area contributed by atoms with Gasteiger partial charge in [-0.15, -0.1) is 12.4 Å². The number of hydrogen-bond acceptors (Lipinski definition) is 3. The van der Waals surface area contributed by atoms with Crippen LogP contribution in [0, 0.1) is 0 Å². The van der Waals surface area contributed by atoms with Crippen LogP contribution in [0.3, 0.4) is 0 Å². The number of nitrogens with zero attached hydrogens (tertiary/aromatic N) is 1. The summed E-state index contributed by atoms with van der Waals surface area (Å²) in [6, 6.07) is 9.60. The van der Waals surface area contributed by atoms with Gasteiger partial charge in [-0.05, 0) is 31.7 Å². The molecule has 1 aliphatic heterocycles. The maximum atomic E-state index is 12.5. The molecule has 1 saturated heterocycles. The minimum Gasteiger partial charge on any atom is -0.326 e. The van der Waals surface area contributed by atoms with Crippen molar-refractivity contribution in [1.29, 1.82) is 0 Å². The number of hydrogen-bond donors (Lipinski definition) is 1. The predicted molar refractivity (Wildman–Crippen MR) is 89.2 cm³/mol. The highest BCUT2D eigenvalue weighted by molar-refractivity contribution is 7.89. The van der Waals surface area contributed by atoms with E-state index >= 15 is 0 Å². The van der Waals surface area contributed by atoms with Gasteiger partial charge in [-0.3, -0.25) is 0 Å². The number of benzene rings is 1. The van der Waals surface area contributed by atoms with E-state index in [9.17, 15) is 8.42 Å². The van der Waals surface area contributed by atoms with Crippen molar-refractivity contribution in [3.8, 4) is 0 Å². The second kappa shape index (κ2) is 8.13. The molecule has 120 valence electrons. The highest BCUT2D eigenvalue weighted by Gasteiger charge is 2.33. The molecule has 4 nitrogen and oxygen atoms in total. The molecular formula is C15H25ClN2O2S. The minimum absolute atomic E-state index is 0. The second-order valence-corrected chi connectivity index (χ2v) is 7.63. The van der Waals surface area contributed by atoms with Gasteiger partial charge in [0.05, 0.1) is 5.75 Å². The van der Waals surface area contributed by atoms with Gasteiger partial charge in [0.2, 0.25) is 10.0 Å². The van der Waals surface area contributed by atoms with Crippen LogP contribution in [0.15, 0.2) is 30.3 Å². The lowest BCUT2D eigenvalue weighted by Crippen LogP contribution is -2.52. The normalized spacial score (nSPS) is 21.5. The number of nitrogens with two attached hydrogens (primary N) is 1. The molecule has 1 aromatic carbocycles. The molecule has 1 fully saturated rings. The monoisotopic (exact) mass is 332 g/mol. The Balaban J connectivity index is 0.00000220. The molecule has 0 radical (unpaired) electrons. The lowest BCUT2D eigenvalue weighted by atomic mass is 10.00. The fraction of sp³-hybridized carbons (Fsp3) is 0.600. The second-order valence-electron chi connectivity index (χ2n) is 5.58. The van der Waals surface area contributed by atoms with E-state index in [2.05, 4.69) is 0 Å². The first-order valence-electron chi connectivity index (χ1n) is 7.30. The summed E-state index contributed by atoms with van der Waals surface area (Å²) in [5, 5.41) is 0. The molecule has 0 bridgehead atoms. The quantitative estimate of drug-likeness (QED) is 0.899. The fourth-order valence-electron chi connectivity index (χ4n) is 2.81. The molecule has 0 aromatic heterocycles. The summed E-state index contributed by atoms with van der Waals surface area (Å²) in [7, 11) is -3.22. The molecule has 2 unspecified atom stereocenters. The predicted octanol–water partition coefficient (Wildman–Crippen LogP) is 2.18. The van der Waals surface area contributed by atoms with E-state index in [1.807, 2.05) is 37.3 Å². The molecule has 1 aliphatic rings. The summed E-state index contributed by atoms with van der Waals surface area (Å²) in [6.45, 7) is 2.51. The van der Waals surface area contributed by atoms with Crippen LogP contribution in [0.4, 0.5) is 0 Å². The Labute approximate surface area is 134 Å². The first-order valence-corrected chi connectivity index (χ1v) is 8.90. The first-order chi connectivity index (χ1) is 9.50. The van der Waals surface area contributed by atoms with Crippen LogP contribution in [0.1, 0.15) is 31.7 Å². The van der Waals surface area contributed by atoms with Crippen LogP contribution in [0.25, 0.3) is 0 Å². The Morgan fingerprint density at radius 1 is 1.29 bits per heavy atom. The highest BCUT2D eigenvalue weighted by atomic mass is 35.5. The molecule has 0 aliphatic carbocycles. The molecule has 0 saturated carbocycles. The summed E-state index contributed by atoms with van der Waals surface area (Å²) >= 11 is 0. The van der Waals surface area contributed by atoms with Crippen molar-refractivity contribution < 1.29 is 8.42 Å². The van der Waals surface area contributed by atoms with E-state index in [-0.39, 0.29) is 30.2 Å². The summed E-state index contributed by atoms with van der Waals surface area (Å²) in [4.78, 5) is 0. The van der Waals surface area contributed by atoms with E-state index in [1.54, 1.807) is 4.31 Å². The molecule has 2 rings (SSSR count). The van der Waals surface area contributed by atoms with Crippen molar-refractivity contribution in [3.05, 3.63) is 35.9 Å². The SMILES string of the molecule is CC(N)C1CCCCN1S(=O)(=O)CCc1ccccc1.Cl. The van der Waals surface area contributed by atoms with Crippen molar-refractivity contribution in [2.75, 3.05) is 12.3 Å². The Bertz CT molecular complexity index is 520. The summed E-state index contributed by atoms with van der Waals surface area (Å²) in [5.41, 5.74) is 7.02.